The van der Waals surface area contributed by atoms with E-state index in [1.165, 1.54) is 18.3 Å². The van der Waals surface area contributed by atoms with Gasteiger partial charge in [0.15, 0.2) is 15.0 Å². The number of benzene rings is 1. The minimum absolute atomic E-state index is 0.277. The Bertz CT molecular complexity index is 1110. The lowest BCUT2D eigenvalue weighted by molar-refractivity contribution is -0.111. The molecule has 2 aromatic rings. The van der Waals surface area contributed by atoms with Gasteiger partial charge in [0, 0.05) is 11.0 Å². The first-order valence-electron chi connectivity index (χ1n) is 10.9. The van der Waals surface area contributed by atoms with E-state index in [0.29, 0.717) is 39.9 Å². The zero-order valence-corrected chi connectivity index (χ0v) is 19.6. The SMILES string of the molecule is CC(O)(CO)c1csc(NC(=O)/C(=C/C2CCCC2)c2ccc(S(=O)(=O)C3CC3)cc2)n1. The fraction of sp³-hybridized carbons (Fsp3) is 0.478. The van der Waals surface area contributed by atoms with Crippen LogP contribution in [0.5, 0.6) is 0 Å². The lowest BCUT2D eigenvalue weighted by Gasteiger charge is -2.17. The summed E-state index contributed by atoms with van der Waals surface area (Å²) >= 11 is 1.17. The molecule has 32 heavy (non-hydrogen) atoms. The summed E-state index contributed by atoms with van der Waals surface area (Å²) in [6.45, 7) is 0.976. The van der Waals surface area contributed by atoms with E-state index in [-0.39, 0.29) is 16.9 Å². The molecule has 0 spiro atoms. The van der Waals surface area contributed by atoms with Crippen LogP contribution in [0.1, 0.15) is 56.7 Å². The number of hydrogen-bond donors (Lipinski definition) is 3. The molecule has 0 aliphatic heterocycles. The Hall–Kier alpha value is -2.07. The molecule has 3 N–H and O–H groups in total. The predicted octanol–water partition coefficient (Wildman–Crippen LogP) is 3.49. The lowest BCUT2D eigenvalue weighted by Crippen LogP contribution is -2.26. The summed E-state index contributed by atoms with van der Waals surface area (Å²) in [6.07, 6.45) is 7.68. The van der Waals surface area contributed by atoms with Crippen molar-refractivity contribution in [2.45, 2.75) is 61.2 Å². The second-order valence-corrected chi connectivity index (χ2v) is 11.9. The number of thiazole rings is 1. The standard InChI is InChI=1S/C23H28N2O5S2/c1-23(28,14-26)20-13-31-22(24-20)25-21(27)19(12-15-4-2-3-5-15)16-6-8-17(9-7-16)32(29,30)18-10-11-18/h6-9,12-13,15,18,26,28H,2-5,10-11,14H2,1H3,(H,24,25,27)/b19-12+. The summed E-state index contributed by atoms with van der Waals surface area (Å²) in [5.41, 5.74) is -0.0531. The topological polar surface area (TPSA) is 117 Å². The highest BCUT2D eigenvalue weighted by molar-refractivity contribution is 7.92. The average Bonchev–Trinajstić information content (AvgIpc) is 3.32. The zero-order valence-electron chi connectivity index (χ0n) is 18.0. The number of rotatable bonds is 8. The van der Waals surface area contributed by atoms with Crippen molar-refractivity contribution < 1.29 is 23.4 Å². The van der Waals surface area contributed by atoms with Gasteiger partial charge >= 0.3 is 0 Å². The molecule has 1 aromatic carbocycles. The summed E-state index contributed by atoms with van der Waals surface area (Å²) in [7, 11) is -3.29. The summed E-state index contributed by atoms with van der Waals surface area (Å²) in [6, 6.07) is 6.55. The van der Waals surface area contributed by atoms with Crippen molar-refractivity contribution in [1.29, 1.82) is 0 Å². The van der Waals surface area contributed by atoms with Gasteiger partial charge in [-0.15, -0.1) is 11.3 Å². The Morgan fingerprint density at radius 2 is 1.88 bits per heavy atom. The quantitative estimate of drug-likeness (QED) is 0.502. The van der Waals surface area contributed by atoms with Crippen LogP contribution in [0.25, 0.3) is 5.57 Å². The van der Waals surface area contributed by atoms with Crippen LogP contribution in [-0.4, -0.2) is 41.4 Å². The van der Waals surface area contributed by atoms with Gasteiger partial charge in [-0.25, -0.2) is 13.4 Å². The van der Waals surface area contributed by atoms with Crippen molar-refractivity contribution in [1.82, 2.24) is 4.98 Å². The Kier molecular flexibility index (Phi) is 6.53. The minimum atomic E-state index is -3.29. The van der Waals surface area contributed by atoms with Crippen molar-refractivity contribution in [2.24, 2.45) is 5.92 Å². The van der Waals surface area contributed by atoms with Crippen LogP contribution >= 0.6 is 11.3 Å². The van der Waals surface area contributed by atoms with Crippen LogP contribution in [0.15, 0.2) is 40.6 Å². The first kappa shape index (κ1) is 23.1. The summed E-state index contributed by atoms with van der Waals surface area (Å²) < 4.78 is 25.0. The molecule has 1 unspecified atom stereocenters. The molecule has 1 amide bonds. The second-order valence-electron chi connectivity index (χ2n) is 8.82. The highest BCUT2D eigenvalue weighted by atomic mass is 32.2. The number of nitrogens with one attached hydrogen (secondary N) is 1. The number of carbonyl (C=O) groups excluding carboxylic acids is 1. The van der Waals surface area contributed by atoms with E-state index in [4.69, 9.17) is 0 Å². The maximum absolute atomic E-state index is 13.2. The number of hydrogen-bond acceptors (Lipinski definition) is 7. The van der Waals surface area contributed by atoms with Crippen molar-refractivity contribution in [3.05, 3.63) is 47.0 Å². The number of aliphatic hydroxyl groups is 2. The van der Waals surface area contributed by atoms with Crippen molar-refractivity contribution in [3.8, 4) is 0 Å². The van der Waals surface area contributed by atoms with Crippen LogP contribution in [0, 0.1) is 5.92 Å². The van der Waals surface area contributed by atoms with Crippen LogP contribution in [-0.2, 0) is 20.2 Å². The highest BCUT2D eigenvalue weighted by Gasteiger charge is 2.36. The molecule has 4 rings (SSSR count). The van der Waals surface area contributed by atoms with E-state index in [2.05, 4.69) is 10.3 Å². The molecule has 2 fully saturated rings. The van der Waals surface area contributed by atoms with Gasteiger partial charge in [-0.3, -0.25) is 10.1 Å². The van der Waals surface area contributed by atoms with Gasteiger partial charge in [0.2, 0.25) is 0 Å². The molecule has 172 valence electrons. The normalized spacial score (nSPS) is 19.7. The summed E-state index contributed by atoms with van der Waals surface area (Å²) in [4.78, 5) is 17.7. The van der Waals surface area contributed by atoms with E-state index < -0.39 is 22.0 Å². The highest BCUT2D eigenvalue weighted by Crippen LogP contribution is 2.35. The fourth-order valence-corrected chi connectivity index (χ4v) is 6.37. The van der Waals surface area contributed by atoms with Crippen LogP contribution in [0.2, 0.25) is 0 Å². The zero-order chi connectivity index (χ0) is 22.9. The van der Waals surface area contributed by atoms with Crippen LogP contribution in [0.3, 0.4) is 0 Å². The number of amides is 1. The van der Waals surface area contributed by atoms with Crippen molar-refractivity contribution in [2.75, 3.05) is 11.9 Å². The molecule has 7 nitrogen and oxygen atoms in total. The number of carbonyl (C=O) groups is 1. The fourth-order valence-electron chi connectivity index (χ4n) is 3.88. The molecular weight excluding hydrogens is 448 g/mol. The van der Waals surface area contributed by atoms with Gasteiger partial charge in [-0.05, 0) is 56.2 Å². The largest absolute Gasteiger partial charge is 0.393 e. The van der Waals surface area contributed by atoms with Crippen LogP contribution < -0.4 is 5.32 Å². The maximum Gasteiger partial charge on any atom is 0.257 e. The molecule has 2 aliphatic carbocycles. The lowest BCUT2D eigenvalue weighted by atomic mass is 9.98. The van der Waals surface area contributed by atoms with E-state index in [9.17, 15) is 23.4 Å². The number of anilines is 1. The van der Waals surface area contributed by atoms with Crippen LogP contribution in [0.4, 0.5) is 5.13 Å². The summed E-state index contributed by atoms with van der Waals surface area (Å²) in [5, 5.41) is 23.9. The Balaban J connectivity index is 1.59. The Morgan fingerprint density at radius 3 is 2.47 bits per heavy atom. The molecular formula is C23H28N2O5S2. The number of aromatic nitrogens is 1. The maximum atomic E-state index is 13.2. The average molecular weight is 477 g/mol. The second kappa shape index (κ2) is 9.05. The minimum Gasteiger partial charge on any atom is -0.393 e. The Morgan fingerprint density at radius 1 is 1.22 bits per heavy atom. The van der Waals surface area contributed by atoms with E-state index in [1.54, 1.807) is 29.6 Å². The van der Waals surface area contributed by atoms with E-state index in [0.717, 1.165) is 25.7 Å². The number of sulfone groups is 1. The monoisotopic (exact) mass is 476 g/mol. The summed E-state index contributed by atoms with van der Waals surface area (Å²) in [5.74, 6) is -0.0353. The molecule has 0 bridgehead atoms. The van der Waals surface area contributed by atoms with E-state index in [1.807, 2.05) is 6.08 Å². The van der Waals surface area contributed by atoms with Gasteiger partial charge in [0.25, 0.3) is 5.91 Å². The smallest absolute Gasteiger partial charge is 0.257 e. The van der Waals surface area contributed by atoms with Gasteiger partial charge < -0.3 is 10.2 Å². The third kappa shape index (κ3) is 4.96. The number of nitrogens with zero attached hydrogens (tertiary/aromatic N) is 1. The molecule has 1 atom stereocenters. The molecule has 2 aliphatic rings. The predicted molar refractivity (Wildman–Crippen MR) is 124 cm³/mol. The third-order valence-corrected chi connectivity index (χ3v) is 9.12. The van der Waals surface area contributed by atoms with Gasteiger partial charge in [-0.1, -0.05) is 31.1 Å². The van der Waals surface area contributed by atoms with E-state index >= 15 is 0 Å². The molecule has 9 heteroatoms. The molecule has 0 radical (unpaired) electrons. The van der Waals surface area contributed by atoms with Crippen molar-refractivity contribution in [3.63, 3.8) is 0 Å². The molecule has 1 heterocycles. The first-order valence-corrected chi connectivity index (χ1v) is 13.3. The number of allylic oxidation sites excluding steroid dienone is 1. The van der Waals surface area contributed by atoms with Gasteiger partial charge in [0.1, 0.15) is 5.60 Å². The van der Waals surface area contributed by atoms with Gasteiger partial charge in [0.05, 0.1) is 22.4 Å². The Labute approximate surface area is 192 Å². The third-order valence-electron chi connectivity index (χ3n) is 6.09. The molecule has 2 saturated carbocycles. The molecule has 0 saturated heterocycles. The number of aliphatic hydroxyl groups excluding tert-OH is 1. The van der Waals surface area contributed by atoms with Gasteiger partial charge in [-0.2, -0.15) is 0 Å². The molecule has 1 aromatic heterocycles. The van der Waals surface area contributed by atoms with Crippen molar-refractivity contribution >= 4 is 37.8 Å². The first-order chi connectivity index (χ1) is 15.2.